The van der Waals surface area contributed by atoms with Gasteiger partial charge in [0.1, 0.15) is 18.9 Å². The molecule has 106 valence electrons. The van der Waals surface area contributed by atoms with Crippen LogP contribution in [0.2, 0.25) is 0 Å². The third-order valence-corrected chi connectivity index (χ3v) is 4.26. The molecule has 0 aliphatic carbocycles. The van der Waals surface area contributed by atoms with Crippen LogP contribution in [0, 0.1) is 0 Å². The van der Waals surface area contributed by atoms with E-state index < -0.39 is 0 Å². The third-order valence-electron chi connectivity index (χ3n) is 4.26. The first-order chi connectivity index (χ1) is 9.85. The molecule has 3 nitrogen and oxygen atoms in total. The van der Waals surface area contributed by atoms with Gasteiger partial charge in [-0.25, -0.2) is 9.13 Å². The van der Waals surface area contributed by atoms with Crippen LogP contribution < -0.4 is 4.57 Å². The fourth-order valence-electron chi connectivity index (χ4n) is 3.11. The monoisotopic (exact) mass is 270 g/mol. The van der Waals surface area contributed by atoms with Crippen LogP contribution in [0.1, 0.15) is 25.3 Å². The fraction of sp³-hybridized carbons (Fsp3) is 0.471. The Labute approximate surface area is 121 Å². The maximum Gasteiger partial charge on any atom is 0.243 e. The molecule has 1 aromatic carbocycles. The highest BCUT2D eigenvalue weighted by atomic mass is 15.2. The van der Waals surface area contributed by atoms with Crippen molar-refractivity contribution in [1.29, 1.82) is 0 Å². The molecule has 1 aromatic heterocycles. The quantitative estimate of drug-likeness (QED) is 0.760. The van der Waals surface area contributed by atoms with Crippen LogP contribution in [0.3, 0.4) is 0 Å². The van der Waals surface area contributed by atoms with E-state index in [1.807, 2.05) is 0 Å². The van der Waals surface area contributed by atoms with E-state index in [0.717, 1.165) is 19.6 Å². The van der Waals surface area contributed by atoms with E-state index in [-0.39, 0.29) is 0 Å². The molecule has 20 heavy (non-hydrogen) atoms. The Balaban J connectivity index is 1.63. The first-order valence-corrected chi connectivity index (χ1v) is 7.68. The standard InChI is InChI=1S/C17H24N3/c1-2-18-11-12-19(15-18)14-17-9-6-10-20(17)13-16-7-4-3-5-8-16/h3-5,7-8,11-12,15,17H,2,6,9-10,13-14H2,1H3/q+1. The van der Waals surface area contributed by atoms with Crippen LogP contribution in [0.25, 0.3) is 0 Å². The summed E-state index contributed by atoms with van der Waals surface area (Å²) in [5.41, 5.74) is 1.43. The number of aromatic nitrogens is 2. The average molecular weight is 270 g/mol. The van der Waals surface area contributed by atoms with Gasteiger partial charge in [0.15, 0.2) is 0 Å². The number of hydrogen-bond acceptors (Lipinski definition) is 1. The molecule has 1 aliphatic heterocycles. The molecule has 0 spiro atoms. The Morgan fingerprint density at radius 3 is 2.85 bits per heavy atom. The summed E-state index contributed by atoms with van der Waals surface area (Å²) in [7, 11) is 0. The summed E-state index contributed by atoms with van der Waals surface area (Å²) in [6.07, 6.45) is 9.22. The zero-order valence-corrected chi connectivity index (χ0v) is 12.3. The maximum atomic E-state index is 2.63. The van der Waals surface area contributed by atoms with Crippen LogP contribution >= 0.6 is 0 Å². The normalized spacial score (nSPS) is 19.6. The number of nitrogens with zero attached hydrogens (tertiary/aromatic N) is 3. The molecule has 0 saturated carbocycles. The van der Waals surface area contributed by atoms with Crippen molar-refractivity contribution in [2.75, 3.05) is 6.54 Å². The zero-order valence-electron chi connectivity index (χ0n) is 12.3. The molecule has 0 N–H and O–H groups in total. The molecule has 2 heterocycles. The Morgan fingerprint density at radius 2 is 2.10 bits per heavy atom. The lowest BCUT2D eigenvalue weighted by molar-refractivity contribution is -0.700. The van der Waals surface area contributed by atoms with E-state index in [1.54, 1.807) is 0 Å². The second-order valence-corrected chi connectivity index (χ2v) is 5.69. The first kappa shape index (κ1) is 13.4. The van der Waals surface area contributed by atoms with Crippen molar-refractivity contribution in [3.05, 3.63) is 54.6 Å². The summed E-state index contributed by atoms with van der Waals surface area (Å²) in [6, 6.07) is 11.5. The van der Waals surface area contributed by atoms with Gasteiger partial charge in [0.25, 0.3) is 0 Å². The summed E-state index contributed by atoms with van der Waals surface area (Å²) in [5, 5.41) is 0. The minimum absolute atomic E-state index is 0.674. The highest BCUT2D eigenvalue weighted by Gasteiger charge is 2.26. The van der Waals surface area contributed by atoms with Gasteiger partial charge in [0, 0.05) is 12.6 Å². The Hall–Kier alpha value is -1.61. The van der Waals surface area contributed by atoms with Crippen LogP contribution in [-0.4, -0.2) is 22.1 Å². The second kappa shape index (κ2) is 6.23. The van der Waals surface area contributed by atoms with E-state index in [0.29, 0.717) is 6.04 Å². The lowest BCUT2D eigenvalue weighted by atomic mass is 10.2. The van der Waals surface area contributed by atoms with Crippen molar-refractivity contribution in [2.45, 2.75) is 45.4 Å². The summed E-state index contributed by atoms with van der Waals surface area (Å²) in [6.45, 7) is 6.65. The van der Waals surface area contributed by atoms with E-state index in [2.05, 4.69) is 70.0 Å². The third kappa shape index (κ3) is 3.10. The molecule has 0 radical (unpaired) electrons. The van der Waals surface area contributed by atoms with Crippen LogP contribution in [0.4, 0.5) is 0 Å². The van der Waals surface area contributed by atoms with Gasteiger partial charge in [-0.05, 0) is 31.9 Å². The largest absolute Gasteiger partial charge is 0.292 e. The molecule has 3 heteroatoms. The molecule has 0 amide bonds. The van der Waals surface area contributed by atoms with Gasteiger partial charge in [-0.2, -0.15) is 0 Å². The lowest BCUT2D eigenvalue weighted by Crippen LogP contribution is -2.43. The van der Waals surface area contributed by atoms with Crippen molar-refractivity contribution in [1.82, 2.24) is 9.47 Å². The summed E-state index contributed by atoms with van der Waals surface area (Å²) in [5.74, 6) is 0. The topological polar surface area (TPSA) is 12.0 Å². The van der Waals surface area contributed by atoms with Crippen molar-refractivity contribution < 1.29 is 4.57 Å². The van der Waals surface area contributed by atoms with Crippen LogP contribution in [-0.2, 0) is 19.6 Å². The van der Waals surface area contributed by atoms with Gasteiger partial charge in [-0.1, -0.05) is 30.3 Å². The van der Waals surface area contributed by atoms with Gasteiger partial charge in [0.2, 0.25) is 6.33 Å². The number of likely N-dealkylation sites (tertiary alicyclic amines) is 1. The second-order valence-electron chi connectivity index (χ2n) is 5.69. The number of rotatable bonds is 5. The predicted molar refractivity (Wildman–Crippen MR) is 80.2 cm³/mol. The van der Waals surface area contributed by atoms with Gasteiger partial charge >= 0.3 is 0 Å². The number of imidazole rings is 1. The maximum absolute atomic E-state index is 2.63. The smallest absolute Gasteiger partial charge is 0.243 e. The SMILES string of the molecule is CCn1cc[n+](CC2CCCN2Cc2ccccc2)c1. The molecule has 2 aromatic rings. The molecule has 0 bridgehead atoms. The van der Waals surface area contributed by atoms with Gasteiger partial charge < -0.3 is 0 Å². The van der Waals surface area contributed by atoms with Crippen molar-refractivity contribution in [3.63, 3.8) is 0 Å². The number of hydrogen-bond donors (Lipinski definition) is 0. The number of benzene rings is 1. The Kier molecular flexibility index (Phi) is 4.16. The Bertz CT molecular complexity index is 532. The highest BCUT2D eigenvalue weighted by molar-refractivity contribution is 5.14. The summed E-state index contributed by atoms with van der Waals surface area (Å²) >= 11 is 0. The van der Waals surface area contributed by atoms with Gasteiger partial charge in [-0.3, -0.25) is 4.90 Å². The van der Waals surface area contributed by atoms with Crippen molar-refractivity contribution in [3.8, 4) is 0 Å². The molecular weight excluding hydrogens is 246 g/mol. The molecule has 3 rings (SSSR count). The van der Waals surface area contributed by atoms with E-state index in [1.165, 1.54) is 24.9 Å². The Morgan fingerprint density at radius 1 is 1.25 bits per heavy atom. The van der Waals surface area contributed by atoms with Crippen LogP contribution in [0.5, 0.6) is 0 Å². The lowest BCUT2D eigenvalue weighted by Gasteiger charge is -2.23. The molecule has 1 saturated heterocycles. The number of aryl methyl sites for hydroxylation is 1. The van der Waals surface area contributed by atoms with Gasteiger partial charge in [0.05, 0.1) is 6.54 Å². The van der Waals surface area contributed by atoms with Gasteiger partial charge in [-0.15, -0.1) is 0 Å². The minimum Gasteiger partial charge on any atom is -0.292 e. The first-order valence-electron chi connectivity index (χ1n) is 7.68. The average Bonchev–Trinajstić information content (AvgIpc) is 3.10. The van der Waals surface area contributed by atoms with Crippen LogP contribution in [0.15, 0.2) is 49.1 Å². The molecule has 1 aliphatic rings. The minimum atomic E-state index is 0.674. The van der Waals surface area contributed by atoms with E-state index in [4.69, 9.17) is 0 Å². The summed E-state index contributed by atoms with van der Waals surface area (Å²) in [4.78, 5) is 2.63. The van der Waals surface area contributed by atoms with Crippen molar-refractivity contribution >= 4 is 0 Å². The van der Waals surface area contributed by atoms with E-state index in [9.17, 15) is 0 Å². The van der Waals surface area contributed by atoms with E-state index >= 15 is 0 Å². The predicted octanol–water partition coefficient (Wildman–Crippen LogP) is 2.46. The molecule has 1 unspecified atom stereocenters. The molecule has 1 fully saturated rings. The molecular formula is C17H24N3+. The fourth-order valence-corrected chi connectivity index (χ4v) is 3.11. The zero-order chi connectivity index (χ0) is 13.8. The highest BCUT2D eigenvalue weighted by Crippen LogP contribution is 2.20. The summed E-state index contributed by atoms with van der Waals surface area (Å²) < 4.78 is 4.56. The molecule has 1 atom stereocenters. The van der Waals surface area contributed by atoms with Crippen molar-refractivity contribution in [2.24, 2.45) is 0 Å².